The van der Waals surface area contributed by atoms with Crippen LogP contribution in [0.4, 0.5) is 5.82 Å². The number of hydrogen-bond donors (Lipinski definition) is 1. The SMILES string of the molecule is CNc1nc(-c2ccc(C3CC3C)o2)nc(COC)c1I. The Bertz CT molecular complexity index is 656. The third kappa shape index (κ3) is 2.91. The second-order valence-electron chi connectivity index (χ2n) is 5.36. The standard InChI is InChI=1S/C15H18IN3O2/c1-8-6-9(8)11-4-5-12(21-11)14-18-10(7-20-3)13(16)15(17-2)19-14/h4-5,8-9H,6-7H2,1-3H3,(H,17,18,19). The molecule has 5 nitrogen and oxygen atoms in total. The summed E-state index contributed by atoms with van der Waals surface area (Å²) in [7, 11) is 3.51. The molecule has 21 heavy (non-hydrogen) atoms. The average Bonchev–Trinajstić information content (AvgIpc) is 3.02. The highest BCUT2D eigenvalue weighted by molar-refractivity contribution is 14.1. The molecule has 6 heteroatoms. The molecule has 3 rings (SSSR count). The van der Waals surface area contributed by atoms with Crippen LogP contribution in [0, 0.1) is 9.49 Å². The quantitative estimate of drug-likeness (QED) is 0.778. The van der Waals surface area contributed by atoms with Gasteiger partial charge < -0.3 is 14.5 Å². The van der Waals surface area contributed by atoms with Gasteiger partial charge in [0.25, 0.3) is 0 Å². The van der Waals surface area contributed by atoms with Crippen LogP contribution in [0.25, 0.3) is 11.6 Å². The third-order valence-corrected chi connectivity index (χ3v) is 4.89. The normalized spacial score (nSPS) is 20.6. The Morgan fingerprint density at radius 1 is 1.43 bits per heavy atom. The summed E-state index contributed by atoms with van der Waals surface area (Å²) in [6.07, 6.45) is 1.21. The molecule has 1 fully saturated rings. The van der Waals surface area contributed by atoms with Gasteiger partial charge in [-0.2, -0.15) is 0 Å². The van der Waals surface area contributed by atoms with Crippen molar-refractivity contribution >= 4 is 28.4 Å². The average molecular weight is 399 g/mol. The molecule has 1 aliphatic rings. The van der Waals surface area contributed by atoms with E-state index in [2.05, 4.69) is 44.8 Å². The summed E-state index contributed by atoms with van der Waals surface area (Å²) < 4.78 is 12.1. The number of nitrogens with zero attached hydrogens (tertiary/aromatic N) is 2. The molecule has 1 aliphatic carbocycles. The van der Waals surface area contributed by atoms with Crippen LogP contribution < -0.4 is 5.32 Å². The van der Waals surface area contributed by atoms with Gasteiger partial charge in [-0.1, -0.05) is 6.92 Å². The largest absolute Gasteiger partial charge is 0.457 e. The molecule has 0 spiro atoms. The zero-order valence-corrected chi connectivity index (χ0v) is 14.5. The van der Waals surface area contributed by atoms with E-state index in [4.69, 9.17) is 9.15 Å². The Kier molecular flexibility index (Phi) is 4.17. The van der Waals surface area contributed by atoms with Crippen molar-refractivity contribution in [2.45, 2.75) is 25.9 Å². The zero-order valence-electron chi connectivity index (χ0n) is 12.3. The van der Waals surface area contributed by atoms with Gasteiger partial charge in [0.05, 0.1) is 15.9 Å². The minimum absolute atomic E-state index is 0.454. The number of nitrogens with one attached hydrogen (secondary N) is 1. The fourth-order valence-electron chi connectivity index (χ4n) is 2.39. The van der Waals surface area contributed by atoms with Gasteiger partial charge in [-0.15, -0.1) is 0 Å². The summed E-state index contributed by atoms with van der Waals surface area (Å²) in [5.74, 6) is 4.44. The van der Waals surface area contributed by atoms with Crippen molar-refractivity contribution in [2.24, 2.45) is 5.92 Å². The molecule has 1 saturated carbocycles. The summed E-state index contributed by atoms with van der Waals surface area (Å²) in [6.45, 7) is 2.69. The molecule has 2 heterocycles. The second-order valence-corrected chi connectivity index (χ2v) is 6.44. The first-order chi connectivity index (χ1) is 10.1. The van der Waals surface area contributed by atoms with E-state index in [1.807, 2.05) is 19.2 Å². The van der Waals surface area contributed by atoms with Gasteiger partial charge in [0.1, 0.15) is 11.6 Å². The predicted molar refractivity (Wildman–Crippen MR) is 89.2 cm³/mol. The van der Waals surface area contributed by atoms with E-state index in [0.29, 0.717) is 24.1 Å². The monoisotopic (exact) mass is 399 g/mol. The molecule has 0 aromatic carbocycles. The number of anilines is 1. The second kappa shape index (κ2) is 5.92. The van der Waals surface area contributed by atoms with Gasteiger partial charge >= 0.3 is 0 Å². The molecule has 112 valence electrons. The minimum Gasteiger partial charge on any atom is -0.457 e. The maximum Gasteiger partial charge on any atom is 0.198 e. The number of rotatable bonds is 5. The van der Waals surface area contributed by atoms with Crippen molar-refractivity contribution in [1.82, 2.24) is 9.97 Å². The Hall–Kier alpha value is -1.15. The summed E-state index contributed by atoms with van der Waals surface area (Å²) >= 11 is 2.23. The molecule has 0 saturated heterocycles. The van der Waals surface area contributed by atoms with Crippen LogP contribution in [0.2, 0.25) is 0 Å². The van der Waals surface area contributed by atoms with Crippen molar-refractivity contribution in [2.75, 3.05) is 19.5 Å². The van der Waals surface area contributed by atoms with E-state index in [9.17, 15) is 0 Å². The number of ether oxygens (including phenoxy) is 1. The number of halogens is 1. The van der Waals surface area contributed by atoms with Crippen LogP contribution in [0.15, 0.2) is 16.5 Å². The molecule has 0 radical (unpaired) electrons. The summed E-state index contributed by atoms with van der Waals surface area (Å²) in [4.78, 5) is 9.11. The van der Waals surface area contributed by atoms with E-state index < -0.39 is 0 Å². The van der Waals surface area contributed by atoms with E-state index in [-0.39, 0.29) is 0 Å². The number of aromatic nitrogens is 2. The fraction of sp³-hybridized carbons (Fsp3) is 0.467. The van der Waals surface area contributed by atoms with Gasteiger partial charge in [-0.3, -0.25) is 0 Å². The zero-order chi connectivity index (χ0) is 15.0. The topological polar surface area (TPSA) is 60.2 Å². The molecular formula is C15H18IN3O2. The van der Waals surface area contributed by atoms with Gasteiger partial charge in [0.2, 0.25) is 0 Å². The molecule has 2 aromatic rings. The van der Waals surface area contributed by atoms with Crippen LogP contribution in [0.1, 0.15) is 30.7 Å². The van der Waals surface area contributed by atoms with Gasteiger partial charge in [-0.25, -0.2) is 9.97 Å². The lowest BCUT2D eigenvalue weighted by Gasteiger charge is -2.09. The molecule has 2 aromatic heterocycles. The molecule has 1 N–H and O–H groups in total. The van der Waals surface area contributed by atoms with Crippen LogP contribution >= 0.6 is 22.6 Å². The van der Waals surface area contributed by atoms with Crippen LogP contribution in [-0.2, 0) is 11.3 Å². The predicted octanol–water partition coefficient (Wildman–Crippen LogP) is 3.65. The van der Waals surface area contributed by atoms with Gasteiger partial charge in [0.15, 0.2) is 11.6 Å². The summed E-state index contributed by atoms with van der Waals surface area (Å²) in [5.41, 5.74) is 0.866. The summed E-state index contributed by atoms with van der Waals surface area (Å²) in [6, 6.07) is 4.00. The first kappa shape index (κ1) is 14.8. The van der Waals surface area contributed by atoms with E-state index in [1.54, 1.807) is 7.11 Å². The first-order valence-corrected chi connectivity index (χ1v) is 8.05. The lowest BCUT2D eigenvalue weighted by atomic mass is 10.3. The molecule has 0 amide bonds. The number of furan rings is 1. The van der Waals surface area contributed by atoms with Crippen molar-refractivity contribution in [1.29, 1.82) is 0 Å². The number of hydrogen-bond acceptors (Lipinski definition) is 5. The minimum atomic E-state index is 0.454. The first-order valence-electron chi connectivity index (χ1n) is 6.97. The molecule has 2 atom stereocenters. The Labute approximate surface area is 137 Å². The Morgan fingerprint density at radius 2 is 2.19 bits per heavy atom. The highest BCUT2D eigenvalue weighted by atomic mass is 127. The maximum absolute atomic E-state index is 5.94. The molecule has 0 aliphatic heterocycles. The lowest BCUT2D eigenvalue weighted by Crippen LogP contribution is -2.06. The lowest BCUT2D eigenvalue weighted by molar-refractivity contribution is 0.181. The smallest absolute Gasteiger partial charge is 0.198 e. The summed E-state index contributed by atoms with van der Waals surface area (Å²) in [5, 5.41) is 3.10. The molecule has 0 bridgehead atoms. The van der Waals surface area contributed by atoms with Crippen LogP contribution in [0.5, 0.6) is 0 Å². The van der Waals surface area contributed by atoms with E-state index in [0.717, 1.165) is 26.8 Å². The highest BCUT2D eigenvalue weighted by Gasteiger charge is 2.36. The number of methoxy groups -OCH3 is 1. The van der Waals surface area contributed by atoms with Gasteiger partial charge in [-0.05, 0) is 47.1 Å². The molecular weight excluding hydrogens is 381 g/mol. The van der Waals surface area contributed by atoms with Gasteiger partial charge in [0, 0.05) is 20.1 Å². The van der Waals surface area contributed by atoms with Crippen molar-refractivity contribution in [3.05, 3.63) is 27.2 Å². The van der Waals surface area contributed by atoms with Crippen LogP contribution in [-0.4, -0.2) is 24.1 Å². The van der Waals surface area contributed by atoms with Crippen molar-refractivity contribution in [3.63, 3.8) is 0 Å². The highest BCUT2D eigenvalue weighted by Crippen LogP contribution is 2.47. The Balaban J connectivity index is 1.97. The maximum atomic E-state index is 5.94. The van der Waals surface area contributed by atoms with Crippen molar-refractivity contribution in [3.8, 4) is 11.6 Å². The Morgan fingerprint density at radius 3 is 2.81 bits per heavy atom. The third-order valence-electron chi connectivity index (χ3n) is 3.76. The van der Waals surface area contributed by atoms with E-state index >= 15 is 0 Å². The fourth-order valence-corrected chi connectivity index (χ4v) is 3.06. The van der Waals surface area contributed by atoms with Crippen LogP contribution in [0.3, 0.4) is 0 Å². The molecule has 2 unspecified atom stereocenters. The van der Waals surface area contributed by atoms with E-state index in [1.165, 1.54) is 6.42 Å². The van der Waals surface area contributed by atoms with Crippen molar-refractivity contribution < 1.29 is 9.15 Å².